The molecular formula is C11H17N5OS. The van der Waals surface area contributed by atoms with Crippen LogP contribution >= 0.6 is 11.3 Å². The van der Waals surface area contributed by atoms with E-state index in [1.54, 1.807) is 0 Å². The highest BCUT2D eigenvalue weighted by Gasteiger charge is 2.21. The summed E-state index contributed by atoms with van der Waals surface area (Å²) in [5.41, 5.74) is 12.0. The summed E-state index contributed by atoms with van der Waals surface area (Å²) in [6, 6.07) is 0.132. The molecule has 0 bridgehead atoms. The molecule has 0 atom stereocenters. The van der Waals surface area contributed by atoms with Gasteiger partial charge in [0, 0.05) is 24.2 Å². The van der Waals surface area contributed by atoms with Crippen LogP contribution in [0.2, 0.25) is 0 Å². The number of aromatic nitrogens is 2. The van der Waals surface area contributed by atoms with Gasteiger partial charge in [0.15, 0.2) is 10.8 Å². The maximum Gasteiger partial charge on any atom is 0.237 e. The van der Waals surface area contributed by atoms with Crippen molar-refractivity contribution in [1.29, 1.82) is 0 Å². The Morgan fingerprint density at radius 3 is 2.89 bits per heavy atom. The van der Waals surface area contributed by atoms with E-state index in [0.717, 1.165) is 16.5 Å². The smallest absolute Gasteiger partial charge is 0.237 e. The number of imidazole rings is 1. The number of fused-ring (bicyclic) bond motifs is 1. The van der Waals surface area contributed by atoms with Crippen molar-refractivity contribution in [3.05, 3.63) is 17.3 Å². The van der Waals surface area contributed by atoms with Crippen molar-refractivity contribution in [2.75, 3.05) is 11.4 Å². The van der Waals surface area contributed by atoms with Gasteiger partial charge in [-0.1, -0.05) is 0 Å². The monoisotopic (exact) mass is 267 g/mol. The zero-order valence-corrected chi connectivity index (χ0v) is 11.3. The fourth-order valence-corrected chi connectivity index (χ4v) is 2.64. The first-order chi connectivity index (χ1) is 8.54. The predicted octanol–water partition coefficient (Wildman–Crippen LogP) is 0.555. The lowest BCUT2D eigenvalue weighted by Crippen LogP contribution is -2.39. The highest BCUT2D eigenvalue weighted by Crippen LogP contribution is 2.25. The van der Waals surface area contributed by atoms with Crippen LogP contribution in [0.1, 0.15) is 19.5 Å². The number of thiazole rings is 1. The van der Waals surface area contributed by atoms with Crippen LogP contribution in [0.4, 0.5) is 5.82 Å². The molecule has 0 radical (unpaired) electrons. The number of nitrogens with zero attached hydrogens (tertiary/aromatic N) is 3. The van der Waals surface area contributed by atoms with Gasteiger partial charge >= 0.3 is 0 Å². The zero-order chi connectivity index (χ0) is 13.3. The summed E-state index contributed by atoms with van der Waals surface area (Å²) in [6.45, 7) is 4.51. The van der Waals surface area contributed by atoms with Crippen LogP contribution in [0.25, 0.3) is 4.96 Å². The Labute approximate surface area is 109 Å². The lowest BCUT2D eigenvalue weighted by Gasteiger charge is -2.26. The SMILES string of the molecule is CC(C)N(CC(N)=O)c1nc2sccn2c1CN. The van der Waals surface area contributed by atoms with Crippen LogP contribution in [0, 0.1) is 0 Å². The Morgan fingerprint density at radius 2 is 2.33 bits per heavy atom. The average molecular weight is 267 g/mol. The molecule has 18 heavy (non-hydrogen) atoms. The van der Waals surface area contributed by atoms with Crippen molar-refractivity contribution >= 4 is 28.0 Å². The molecule has 2 aromatic rings. The van der Waals surface area contributed by atoms with Crippen LogP contribution in [-0.4, -0.2) is 27.9 Å². The van der Waals surface area contributed by atoms with E-state index in [0.29, 0.717) is 6.54 Å². The minimum absolute atomic E-state index is 0.132. The zero-order valence-electron chi connectivity index (χ0n) is 10.5. The first-order valence-electron chi connectivity index (χ1n) is 5.74. The fraction of sp³-hybridized carbons (Fsp3) is 0.455. The van der Waals surface area contributed by atoms with Gasteiger partial charge in [-0.2, -0.15) is 0 Å². The number of rotatable bonds is 5. The second-order valence-corrected chi connectivity index (χ2v) is 5.20. The Morgan fingerprint density at radius 1 is 1.61 bits per heavy atom. The molecule has 0 fully saturated rings. The maximum absolute atomic E-state index is 11.2. The third kappa shape index (κ3) is 2.19. The molecule has 6 nitrogen and oxygen atoms in total. The summed E-state index contributed by atoms with van der Waals surface area (Å²) in [6.07, 6.45) is 1.93. The Bertz CT molecular complexity index is 559. The number of anilines is 1. The quantitative estimate of drug-likeness (QED) is 0.828. The van der Waals surface area contributed by atoms with E-state index >= 15 is 0 Å². The highest BCUT2D eigenvalue weighted by molar-refractivity contribution is 7.15. The van der Waals surface area contributed by atoms with Gasteiger partial charge in [0.2, 0.25) is 5.91 Å². The fourth-order valence-electron chi connectivity index (χ4n) is 1.91. The third-order valence-electron chi connectivity index (χ3n) is 2.75. The summed E-state index contributed by atoms with van der Waals surface area (Å²) >= 11 is 1.54. The number of carbonyl (C=O) groups is 1. The van der Waals surface area contributed by atoms with Gasteiger partial charge in [-0.25, -0.2) is 4.98 Å². The predicted molar refractivity (Wildman–Crippen MR) is 72.6 cm³/mol. The molecule has 0 aliphatic carbocycles. The molecule has 1 amide bonds. The molecule has 0 aromatic carbocycles. The lowest BCUT2D eigenvalue weighted by molar-refractivity contribution is -0.116. The van der Waals surface area contributed by atoms with E-state index in [1.165, 1.54) is 11.3 Å². The van der Waals surface area contributed by atoms with Gasteiger partial charge in [-0.05, 0) is 13.8 Å². The summed E-state index contributed by atoms with van der Waals surface area (Å²) in [4.78, 5) is 18.5. The van der Waals surface area contributed by atoms with Gasteiger partial charge in [0.1, 0.15) is 0 Å². The largest absolute Gasteiger partial charge is 0.368 e. The molecule has 7 heteroatoms. The first-order valence-corrected chi connectivity index (χ1v) is 6.62. The van der Waals surface area contributed by atoms with E-state index in [-0.39, 0.29) is 18.5 Å². The molecule has 0 spiro atoms. The van der Waals surface area contributed by atoms with E-state index in [2.05, 4.69) is 4.98 Å². The molecule has 98 valence electrons. The second kappa shape index (κ2) is 4.95. The van der Waals surface area contributed by atoms with Gasteiger partial charge in [-0.15, -0.1) is 11.3 Å². The number of amides is 1. The molecule has 2 heterocycles. The minimum Gasteiger partial charge on any atom is -0.368 e. The number of hydrogen-bond acceptors (Lipinski definition) is 5. The molecule has 4 N–H and O–H groups in total. The van der Waals surface area contributed by atoms with E-state index in [9.17, 15) is 4.79 Å². The van der Waals surface area contributed by atoms with Crippen LogP contribution < -0.4 is 16.4 Å². The van der Waals surface area contributed by atoms with E-state index in [1.807, 2.05) is 34.7 Å². The molecule has 2 rings (SSSR count). The highest BCUT2D eigenvalue weighted by atomic mass is 32.1. The standard InChI is InChI=1S/C11H17N5OS/c1-7(2)16(6-9(13)17)10-8(5-12)15-3-4-18-11(15)14-10/h3-4,7H,5-6,12H2,1-2H3,(H2,13,17). The first kappa shape index (κ1) is 12.8. The summed E-state index contributed by atoms with van der Waals surface area (Å²) in [5.74, 6) is 0.376. The van der Waals surface area contributed by atoms with Crippen LogP contribution in [0.15, 0.2) is 11.6 Å². The Kier molecular flexibility index (Phi) is 3.53. The topological polar surface area (TPSA) is 89.6 Å². The number of nitrogens with two attached hydrogens (primary N) is 2. The van der Waals surface area contributed by atoms with Gasteiger partial charge in [0.05, 0.1) is 12.2 Å². The number of hydrogen-bond donors (Lipinski definition) is 2. The van der Waals surface area contributed by atoms with E-state index in [4.69, 9.17) is 11.5 Å². The summed E-state index contributed by atoms with van der Waals surface area (Å²) < 4.78 is 1.95. The van der Waals surface area contributed by atoms with Crippen LogP contribution in [0.5, 0.6) is 0 Å². The number of primary amides is 1. The third-order valence-corrected chi connectivity index (χ3v) is 3.51. The molecule has 0 unspecified atom stereocenters. The van der Waals surface area contributed by atoms with Gasteiger partial charge < -0.3 is 16.4 Å². The van der Waals surface area contributed by atoms with Crippen LogP contribution in [-0.2, 0) is 11.3 Å². The Balaban J connectivity index is 2.48. The van der Waals surface area contributed by atoms with Crippen molar-refractivity contribution in [3.63, 3.8) is 0 Å². The van der Waals surface area contributed by atoms with E-state index < -0.39 is 0 Å². The molecule has 0 aliphatic rings. The lowest BCUT2D eigenvalue weighted by atomic mass is 10.3. The minimum atomic E-state index is -0.372. The average Bonchev–Trinajstić information content (AvgIpc) is 2.84. The van der Waals surface area contributed by atoms with Gasteiger partial charge in [-0.3, -0.25) is 9.20 Å². The second-order valence-electron chi connectivity index (χ2n) is 4.33. The van der Waals surface area contributed by atoms with Crippen molar-refractivity contribution in [3.8, 4) is 0 Å². The molecule has 0 saturated carbocycles. The van der Waals surface area contributed by atoms with Crippen molar-refractivity contribution in [2.24, 2.45) is 11.5 Å². The summed E-state index contributed by atoms with van der Waals surface area (Å²) in [7, 11) is 0. The Hall–Kier alpha value is -1.60. The molecule has 2 aromatic heterocycles. The maximum atomic E-state index is 11.2. The van der Waals surface area contributed by atoms with Gasteiger partial charge in [0.25, 0.3) is 0 Å². The molecule has 0 aliphatic heterocycles. The number of carbonyl (C=O) groups excluding carboxylic acids is 1. The van der Waals surface area contributed by atoms with Crippen molar-refractivity contribution in [2.45, 2.75) is 26.4 Å². The van der Waals surface area contributed by atoms with Crippen LogP contribution in [0.3, 0.4) is 0 Å². The van der Waals surface area contributed by atoms with Crippen molar-refractivity contribution in [1.82, 2.24) is 9.38 Å². The normalized spacial score (nSPS) is 11.3. The van der Waals surface area contributed by atoms with Crippen molar-refractivity contribution < 1.29 is 4.79 Å². The molecule has 0 saturated heterocycles. The summed E-state index contributed by atoms with van der Waals surface area (Å²) in [5, 5.41) is 1.96. The molecular weight excluding hydrogens is 250 g/mol.